The number of aromatic nitrogens is 2. The quantitative estimate of drug-likeness (QED) is 0.886. The normalized spacial score (nSPS) is 10.2. The summed E-state index contributed by atoms with van der Waals surface area (Å²) in [6.07, 6.45) is 3.25. The van der Waals surface area contributed by atoms with Crippen LogP contribution < -0.4 is 14.8 Å². The number of ether oxygens (including phenoxy) is 2. The average molecular weight is 310 g/mol. The second kappa shape index (κ2) is 6.99. The molecule has 0 aliphatic carbocycles. The lowest BCUT2D eigenvalue weighted by molar-refractivity contribution is 0.0951. The number of carbonyl (C=O) groups is 1. The van der Waals surface area contributed by atoms with Crippen LogP contribution in [0.25, 0.3) is 0 Å². The maximum atomic E-state index is 12.0. The Bertz CT molecular complexity index is 628. The average Bonchev–Trinajstić information content (AvgIpc) is 2.91. The summed E-state index contributed by atoms with van der Waals surface area (Å²) in [4.78, 5) is 12.0. The minimum absolute atomic E-state index is 0.186. The number of hydrogen-bond acceptors (Lipinski definition) is 4. The van der Waals surface area contributed by atoms with E-state index in [4.69, 9.17) is 21.1 Å². The molecular formula is C14H16ClN3O3. The summed E-state index contributed by atoms with van der Waals surface area (Å²) in [7, 11) is 3.08. The van der Waals surface area contributed by atoms with Gasteiger partial charge in [-0.3, -0.25) is 9.48 Å². The number of carbonyl (C=O) groups excluding carboxylic acids is 1. The summed E-state index contributed by atoms with van der Waals surface area (Å²) in [5.74, 6) is 0.915. The number of amides is 1. The standard InChI is InChI=1S/C14H16ClN3O3/c1-20-12-4-3-10(7-13(12)21-2)14(19)16-5-6-18-9-11(15)8-17-18/h3-4,7-9H,5-6H2,1-2H3,(H,16,19). The van der Waals surface area contributed by atoms with Gasteiger partial charge in [-0.1, -0.05) is 11.6 Å². The van der Waals surface area contributed by atoms with Gasteiger partial charge >= 0.3 is 0 Å². The third-order valence-electron chi connectivity index (χ3n) is 2.87. The third kappa shape index (κ3) is 3.88. The molecule has 2 aromatic rings. The van der Waals surface area contributed by atoms with Crippen molar-refractivity contribution in [3.8, 4) is 11.5 Å². The largest absolute Gasteiger partial charge is 0.493 e. The molecule has 0 aliphatic rings. The van der Waals surface area contributed by atoms with Crippen LogP contribution in [0.5, 0.6) is 11.5 Å². The van der Waals surface area contributed by atoms with E-state index in [1.54, 1.807) is 42.4 Å². The Hall–Kier alpha value is -2.21. The Morgan fingerprint density at radius 3 is 2.71 bits per heavy atom. The van der Waals surface area contributed by atoms with Gasteiger partial charge in [0, 0.05) is 18.3 Å². The molecule has 0 atom stereocenters. The molecule has 2 rings (SSSR count). The Kier molecular flexibility index (Phi) is 5.05. The topological polar surface area (TPSA) is 65.4 Å². The fourth-order valence-corrected chi connectivity index (χ4v) is 1.98. The van der Waals surface area contributed by atoms with Crippen molar-refractivity contribution in [1.29, 1.82) is 0 Å². The van der Waals surface area contributed by atoms with E-state index in [0.29, 0.717) is 35.2 Å². The molecule has 21 heavy (non-hydrogen) atoms. The Balaban J connectivity index is 1.93. The van der Waals surface area contributed by atoms with E-state index in [1.807, 2.05) is 0 Å². The highest BCUT2D eigenvalue weighted by atomic mass is 35.5. The Morgan fingerprint density at radius 2 is 2.10 bits per heavy atom. The van der Waals surface area contributed by atoms with Crippen molar-refractivity contribution < 1.29 is 14.3 Å². The lowest BCUT2D eigenvalue weighted by atomic mass is 10.2. The molecule has 1 amide bonds. The van der Waals surface area contributed by atoms with Gasteiger partial charge in [0.15, 0.2) is 11.5 Å². The first-order chi connectivity index (χ1) is 10.1. The van der Waals surface area contributed by atoms with Crippen LogP contribution in [0.4, 0.5) is 0 Å². The van der Waals surface area contributed by atoms with Crippen LogP contribution in [0.15, 0.2) is 30.6 Å². The first kappa shape index (κ1) is 15.2. The molecule has 0 unspecified atom stereocenters. The van der Waals surface area contributed by atoms with E-state index in [0.717, 1.165) is 0 Å². The fourth-order valence-electron chi connectivity index (χ4n) is 1.82. The van der Waals surface area contributed by atoms with E-state index < -0.39 is 0 Å². The van der Waals surface area contributed by atoms with Gasteiger partial charge < -0.3 is 14.8 Å². The minimum Gasteiger partial charge on any atom is -0.493 e. The molecule has 0 saturated carbocycles. The van der Waals surface area contributed by atoms with Gasteiger partial charge in [0.25, 0.3) is 5.91 Å². The van der Waals surface area contributed by atoms with Crippen LogP contribution in [-0.2, 0) is 6.54 Å². The number of halogens is 1. The first-order valence-electron chi connectivity index (χ1n) is 6.32. The predicted molar refractivity (Wildman–Crippen MR) is 79.1 cm³/mol. The van der Waals surface area contributed by atoms with Gasteiger partial charge in [0.1, 0.15) is 0 Å². The van der Waals surface area contributed by atoms with Crippen LogP contribution in [0.1, 0.15) is 10.4 Å². The fraction of sp³-hybridized carbons (Fsp3) is 0.286. The van der Waals surface area contributed by atoms with Crippen molar-refractivity contribution in [2.75, 3.05) is 20.8 Å². The van der Waals surface area contributed by atoms with E-state index in [-0.39, 0.29) is 5.91 Å². The van der Waals surface area contributed by atoms with Crippen molar-refractivity contribution >= 4 is 17.5 Å². The maximum Gasteiger partial charge on any atom is 0.251 e. The Labute approximate surface area is 127 Å². The lowest BCUT2D eigenvalue weighted by Crippen LogP contribution is -2.27. The zero-order chi connectivity index (χ0) is 15.2. The molecule has 0 fully saturated rings. The highest BCUT2D eigenvalue weighted by Crippen LogP contribution is 2.27. The highest BCUT2D eigenvalue weighted by Gasteiger charge is 2.10. The minimum atomic E-state index is -0.186. The molecule has 0 spiro atoms. The zero-order valence-electron chi connectivity index (χ0n) is 11.8. The van der Waals surface area contributed by atoms with E-state index in [2.05, 4.69) is 10.4 Å². The van der Waals surface area contributed by atoms with E-state index in [1.165, 1.54) is 7.11 Å². The first-order valence-corrected chi connectivity index (χ1v) is 6.70. The van der Waals surface area contributed by atoms with E-state index >= 15 is 0 Å². The van der Waals surface area contributed by atoms with Crippen LogP contribution in [-0.4, -0.2) is 36.5 Å². The number of benzene rings is 1. The summed E-state index contributed by atoms with van der Waals surface area (Å²) in [6, 6.07) is 5.02. The summed E-state index contributed by atoms with van der Waals surface area (Å²) in [5.41, 5.74) is 0.506. The number of rotatable bonds is 6. The summed E-state index contributed by atoms with van der Waals surface area (Å²) in [6.45, 7) is 0.997. The number of nitrogens with zero attached hydrogens (tertiary/aromatic N) is 2. The molecule has 0 saturated heterocycles. The van der Waals surface area contributed by atoms with Crippen molar-refractivity contribution in [2.45, 2.75) is 6.54 Å². The van der Waals surface area contributed by atoms with Gasteiger partial charge in [0.2, 0.25) is 0 Å². The van der Waals surface area contributed by atoms with E-state index in [9.17, 15) is 4.79 Å². The summed E-state index contributed by atoms with van der Waals surface area (Å²) in [5, 5.41) is 7.41. The molecular weight excluding hydrogens is 294 g/mol. The summed E-state index contributed by atoms with van der Waals surface area (Å²) < 4.78 is 12.0. The highest BCUT2D eigenvalue weighted by molar-refractivity contribution is 6.30. The number of hydrogen-bond donors (Lipinski definition) is 1. The molecule has 0 aliphatic heterocycles. The van der Waals surface area contributed by atoms with Crippen LogP contribution >= 0.6 is 11.6 Å². The smallest absolute Gasteiger partial charge is 0.251 e. The van der Waals surface area contributed by atoms with Gasteiger partial charge in [-0.25, -0.2) is 0 Å². The molecule has 1 aromatic carbocycles. The third-order valence-corrected chi connectivity index (χ3v) is 3.07. The molecule has 0 radical (unpaired) electrons. The van der Waals surface area contributed by atoms with Crippen LogP contribution in [0, 0.1) is 0 Å². The molecule has 7 heteroatoms. The molecule has 1 heterocycles. The van der Waals surface area contributed by atoms with Crippen LogP contribution in [0.3, 0.4) is 0 Å². The lowest BCUT2D eigenvalue weighted by Gasteiger charge is -2.10. The molecule has 0 bridgehead atoms. The van der Waals surface area contributed by atoms with Gasteiger partial charge in [-0.15, -0.1) is 0 Å². The molecule has 1 aromatic heterocycles. The second-order valence-electron chi connectivity index (χ2n) is 4.25. The molecule has 1 N–H and O–H groups in total. The number of methoxy groups -OCH3 is 2. The predicted octanol–water partition coefficient (Wildman–Crippen LogP) is 1.98. The monoisotopic (exact) mass is 309 g/mol. The molecule has 112 valence electrons. The van der Waals surface area contributed by atoms with Crippen LogP contribution in [0.2, 0.25) is 5.02 Å². The zero-order valence-corrected chi connectivity index (χ0v) is 12.6. The molecule has 6 nitrogen and oxygen atoms in total. The number of nitrogens with one attached hydrogen (secondary N) is 1. The SMILES string of the molecule is COc1ccc(C(=O)NCCn2cc(Cl)cn2)cc1OC. The second-order valence-corrected chi connectivity index (χ2v) is 4.68. The maximum absolute atomic E-state index is 12.0. The van der Waals surface area contributed by atoms with Gasteiger partial charge in [-0.05, 0) is 18.2 Å². The van der Waals surface area contributed by atoms with Crippen molar-refractivity contribution in [3.05, 3.63) is 41.2 Å². The van der Waals surface area contributed by atoms with Gasteiger partial charge in [0.05, 0.1) is 32.0 Å². The summed E-state index contributed by atoms with van der Waals surface area (Å²) >= 11 is 5.76. The van der Waals surface area contributed by atoms with Crippen molar-refractivity contribution in [1.82, 2.24) is 15.1 Å². The van der Waals surface area contributed by atoms with Crippen molar-refractivity contribution in [3.63, 3.8) is 0 Å². The Morgan fingerprint density at radius 1 is 1.33 bits per heavy atom. The van der Waals surface area contributed by atoms with Crippen molar-refractivity contribution in [2.24, 2.45) is 0 Å². The van der Waals surface area contributed by atoms with Gasteiger partial charge in [-0.2, -0.15) is 5.10 Å².